The van der Waals surface area contributed by atoms with Gasteiger partial charge in [-0.05, 0) is 55.5 Å². The summed E-state index contributed by atoms with van der Waals surface area (Å²) in [5.74, 6) is 1.46. The Labute approximate surface area is 152 Å². The lowest BCUT2D eigenvalue weighted by Crippen LogP contribution is -2.20. The Kier molecular flexibility index (Phi) is 4.03. The lowest BCUT2D eigenvalue weighted by Gasteiger charge is -2.18. The molecule has 26 heavy (non-hydrogen) atoms. The molecule has 1 aliphatic rings. The second-order valence-corrected chi connectivity index (χ2v) is 7.07. The second kappa shape index (κ2) is 6.37. The van der Waals surface area contributed by atoms with Crippen molar-refractivity contribution < 1.29 is 4.79 Å². The van der Waals surface area contributed by atoms with Gasteiger partial charge in [-0.1, -0.05) is 13.0 Å². The summed E-state index contributed by atoms with van der Waals surface area (Å²) in [7, 11) is 0. The lowest BCUT2D eigenvalue weighted by atomic mass is 9.88. The number of rotatable bonds is 3. The first kappa shape index (κ1) is 16.4. The van der Waals surface area contributed by atoms with Gasteiger partial charge in [0.2, 0.25) is 0 Å². The standard InChI is InChI=1S/C20H21N5O/c1-12-7-13(2)9-15(8-12)23-19-18-16(10-14(3)11-17(18)26)25(24-19)20-21-5-4-6-22-20/h4-9,14H,10-11H2,1-3H3,(H,23,24). The minimum atomic E-state index is 0.118. The van der Waals surface area contributed by atoms with Gasteiger partial charge < -0.3 is 5.32 Å². The number of carbonyl (C=O) groups excluding carboxylic acids is 1. The Bertz CT molecular complexity index is 957. The summed E-state index contributed by atoms with van der Waals surface area (Å²) in [4.78, 5) is 21.4. The fourth-order valence-electron chi connectivity index (χ4n) is 3.59. The van der Waals surface area contributed by atoms with Gasteiger partial charge >= 0.3 is 0 Å². The van der Waals surface area contributed by atoms with Crippen molar-refractivity contribution in [1.82, 2.24) is 19.7 Å². The number of benzene rings is 1. The number of fused-ring (bicyclic) bond motifs is 1. The summed E-state index contributed by atoms with van der Waals surface area (Å²) in [5.41, 5.74) is 4.79. The molecule has 1 atom stereocenters. The van der Waals surface area contributed by atoms with Gasteiger partial charge in [-0.25, -0.2) is 14.6 Å². The van der Waals surface area contributed by atoms with Gasteiger partial charge in [0, 0.05) is 24.5 Å². The van der Waals surface area contributed by atoms with E-state index < -0.39 is 0 Å². The summed E-state index contributed by atoms with van der Waals surface area (Å²) in [5, 5.41) is 8.00. The van der Waals surface area contributed by atoms with Crippen molar-refractivity contribution in [3.63, 3.8) is 0 Å². The third-order valence-electron chi connectivity index (χ3n) is 4.56. The number of hydrogen-bond donors (Lipinski definition) is 1. The molecule has 0 radical (unpaired) electrons. The largest absolute Gasteiger partial charge is 0.338 e. The lowest BCUT2D eigenvalue weighted by molar-refractivity contribution is 0.0953. The Morgan fingerprint density at radius 2 is 1.77 bits per heavy atom. The molecular weight excluding hydrogens is 326 g/mol. The molecule has 1 aromatic carbocycles. The second-order valence-electron chi connectivity index (χ2n) is 7.07. The molecule has 2 aromatic heterocycles. The number of aryl methyl sites for hydroxylation is 2. The van der Waals surface area contributed by atoms with E-state index in [0.29, 0.717) is 23.8 Å². The van der Waals surface area contributed by atoms with E-state index in [0.717, 1.165) is 28.9 Å². The van der Waals surface area contributed by atoms with Crippen LogP contribution in [0.1, 0.15) is 40.5 Å². The first-order chi connectivity index (χ1) is 12.5. The highest BCUT2D eigenvalue weighted by atomic mass is 16.1. The number of aromatic nitrogens is 4. The van der Waals surface area contributed by atoms with Crippen LogP contribution in [-0.2, 0) is 6.42 Å². The molecule has 0 spiro atoms. The Morgan fingerprint density at radius 1 is 1.08 bits per heavy atom. The normalized spacial score (nSPS) is 16.4. The number of hydrogen-bond acceptors (Lipinski definition) is 5. The molecule has 0 saturated carbocycles. The fourth-order valence-corrected chi connectivity index (χ4v) is 3.59. The fraction of sp³-hybridized carbons (Fsp3) is 0.300. The zero-order valence-electron chi connectivity index (χ0n) is 15.2. The van der Waals surface area contributed by atoms with Crippen LogP contribution >= 0.6 is 0 Å². The predicted molar refractivity (Wildman–Crippen MR) is 100 cm³/mol. The maximum atomic E-state index is 12.8. The molecule has 6 nitrogen and oxygen atoms in total. The highest BCUT2D eigenvalue weighted by Gasteiger charge is 2.31. The van der Waals surface area contributed by atoms with E-state index in [4.69, 9.17) is 0 Å². The van der Waals surface area contributed by atoms with Gasteiger partial charge in [0.05, 0.1) is 11.3 Å². The molecule has 132 valence electrons. The van der Waals surface area contributed by atoms with E-state index >= 15 is 0 Å². The van der Waals surface area contributed by atoms with Crippen molar-refractivity contribution in [2.45, 2.75) is 33.6 Å². The van der Waals surface area contributed by atoms with Gasteiger partial charge in [0.25, 0.3) is 5.95 Å². The van der Waals surface area contributed by atoms with Crippen molar-refractivity contribution in [1.29, 1.82) is 0 Å². The molecule has 1 unspecified atom stereocenters. The van der Waals surface area contributed by atoms with E-state index in [1.54, 1.807) is 23.1 Å². The van der Waals surface area contributed by atoms with Gasteiger partial charge in [-0.2, -0.15) is 0 Å². The van der Waals surface area contributed by atoms with Crippen molar-refractivity contribution >= 4 is 17.3 Å². The number of carbonyl (C=O) groups is 1. The Hall–Kier alpha value is -3.02. The average Bonchev–Trinajstić information content (AvgIpc) is 2.93. The minimum absolute atomic E-state index is 0.118. The van der Waals surface area contributed by atoms with E-state index in [-0.39, 0.29) is 11.7 Å². The number of Topliss-reactive ketones (excluding diaryl/α,β-unsaturated/α-hetero) is 1. The van der Waals surface area contributed by atoms with Gasteiger partial charge in [-0.3, -0.25) is 4.79 Å². The van der Waals surface area contributed by atoms with Crippen LogP contribution in [0.15, 0.2) is 36.7 Å². The van der Waals surface area contributed by atoms with Crippen LogP contribution in [0.2, 0.25) is 0 Å². The summed E-state index contributed by atoms with van der Waals surface area (Å²) in [6, 6.07) is 7.98. The van der Waals surface area contributed by atoms with Crippen LogP contribution in [-0.4, -0.2) is 25.5 Å². The van der Waals surface area contributed by atoms with E-state index in [2.05, 4.69) is 47.2 Å². The van der Waals surface area contributed by atoms with Crippen LogP contribution in [0.25, 0.3) is 5.95 Å². The molecule has 0 aliphatic heterocycles. The third kappa shape index (κ3) is 2.98. The van der Waals surface area contributed by atoms with Crippen LogP contribution in [0.3, 0.4) is 0 Å². The number of nitrogens with one attached hydrogen (secondary N) is 1. The van der Waals surface area contributed by atoms with Crippen LogP contribution in [0.4, 0.5) is 11.5 Å². The first-order valence-electron chi connectivity index (χ1n) is 8.79. The highest BCUT2D eigenvalue weighted by molar-refractivity contribution is 6.03. The van der Waals surface area contributed by atoms with Crippen molar-refractivity contribution in [3.8, 4) is 5.95 Å². The maximum Gasteiger partial charge on any atom is 0.250 e. The Balaban J connectivity index is 1.83. The molecule has 2 heterocycles. The average molecular weight is 347 g/mol. The van der Waals surface area contributed by atoms with Crippen molar-refractivity contribution in [2.75, 3.05) is 5.32 Å². The summed E-state index contributed by atoms with van der Waals surface area (Å²) in [6.07, 6.45) is 4.68. The third-order valence-corrected chi connectivity index (χ3v) is 4.56. The molecule has 0 amide bonds. The molecule has 4 rings (SSSR count). The quantitative estimate of drug-likeness (QED) is 0.780. The van der Waals surface area contributed by atoms with E-state index in [9.17, 15) is 4.79 Å². The molecule has 0 bridgehead atoms. The van der Waals surface area contributed by atoms with Gasteiger partial charge in [0.1, 0.15) is 0 Å². The minimum Gasteiger partial charge on any atom is -0.338 e. The van der Waals surface area contributed by atoms with E-state index in [1.165, 1.54) is 0 Å². The molecular formula is C20H21N5O. The monoisotopic (exact) mass is 347 g/mol. The number of nitrogens with zero attached hydrogens (tertiary/aromatic N) is 4. The SMILES string of the molecule is Cc1cc(C)cc(Nc2nn(-c3ncccn3)c3c2C(=O)CC(C)C3)c1. The Morgan fingerprint density at radius 3 is 2.46 bits per heavy atom. The zero-order chi connectivity index (χ0) is 18.3. The van der Waals surface area contributed by atoms with Gasteiger partial charge in [-0.15, -0.1) is 5.10 Å². The summed E-state index contributed by atoms with van der Waals surface area (Å²) < 4.78 is 1.70. The van der Waals surface area contributed by atoms with Gasteiger partial charge in [0.15, 0.2) is 11.6 Å². The van der Waals surface area contributed by atoms with E-state index in [1.807, 2.05) is 12.1 Å². The molecule has 1 N–H and O–H groups in total. The molecule has 0 fully saturated rings. The van der Waals surface area contributed by atoms with Crippen LogP contribution in [0, 0.1) is 19.8 Å². The number of anilines is 2. The molecule has 1 aliphatic carbocycles. The van der Waals surface area contributed by atoms with Crippen LogP contribution in [0.5, 0.6) is 0 Å². The highest BCUT2D eigenvalue weighted by Crippen LogP contribution is 2.33. The number of ketones is 1. The van der Waals surface area contributed by atoms with Crippen LogP contribution < -0.4 is 5.32 Å². The molecule has 3 aromatic rings. The van der Waals surface area contributed by atoms with Crippen molar-refractivity contribution in [3.05, 3.63) is 59.0 Å². The maximum absolute atomic E-state index is 12.8. The summed E-state index contributed by atoms with van der Waals surface area (Å²) >= 11 is 0. The predicted octanol–water partition coefficient (Wildman–Crippen LogP) is 3.79. The first-order valence-corrected chi connectivity index (χ1v) is 8.79. The topological polar surface area (TPSA) is 72.7 Å². The summed E-state index contributed by atoms with van der Waals surface area (Å²) in [6.45, 7) is 6.19. The zero-order valence-corrected chi connectivity index (χ0v) is 15.2. The molecule has 0 saturated heterocycles. The van der Waals surface area contributed by atoms with Crippen molar-refractivity contribution in [2.24, 2.45) is 5.92 Å². The molecule has 6 heteroatoms. The smallest absolute Gasteiger partial charge is 0.250 e.